The number of nitrogens with zero attached hydrogens (tertiary/aromatic N) is 1. The normalized spacial score (nSPS) is 10.3. The largest absolute Gasteiger partial charge is 0.465 e. The summed E-state index contributed by atoms with van der Waals surface area (Å²) in [6, 6.07) is 1.86. The molecule has 0 saturated heterocycles. The maximum Gasteiger partial charge on any atom is 0.189 e. The molecule has 6 heteroatoms. The van der Waals surface area contributed by atoms with Crippen LogP contribution in [0.5, 0.6) is 5.75 Å². The molecule has 15 heavy (non-hydrogen) atoms. The minimum absolute atomic E-state index is 0.206. The molecule has 1 aromatic rings. The molecular weight excluding hydrogens is 377 g/mol. The molecule has 0 aromatic carbocycles. The van der Waals surface area contributed by atoms with Crippen molar-refractivity contribution in [2.45, 2.75) is 0 Å². The van der Waals surface area contributed by atoms with E-state index in [2.05, 4.69) is 43.5 Å². The third-order valence-corrected chi connectivity index (χ3v) is 2.75. The lowest BCUT2D eigenvalue weighted by molar-refractivity contribution is -0.00905. The summed E-state index contributed by atoms with van der Waals surface area (Å²) in [6.45, 7) is 1.29. The molecule has 0 atom stereocenters. The summed E-state index contributed by atoms with van der Waals surface area (Å²) >= 11 is 5.43. The fraction of sp³-hybridized carbons (Fsp3) is 0.444. The van der Waals surface area contributed by atoms with E-state index in [9.17, 15) is 0 Å². The minimum atomic E-state index is 0.206. The summed E-state index contributed by atoms with van der Waals surface area (Å²) < 4.78 is 17.1. The summed E-state index contributed by atoms with van der Waals surface area (Å²) in [5.74, 6) is 0.711. The number of hydrogen-bond donors (Lipinski definition) is 0. The Morgan fingerprint density at radius 1 is 1.47 bits per heavy atom. The maximum atomic E-state index is 5.39. The zero-order chi connectivity index (χ0) is 11.1. The fourth-order valence-corrected chi connectivity index (χ4v) is 1.57. The van der Waals surface area contributed by atoms with Crippen LogP contribution in [0.3, 0.4) is 0 Å². The molecule has 0 radical (unpaired) electrons. The first-order valence-corrected chi connectivity index (χ1v) is 6.11. The molecule has 0 bridgehead atoms. The molecule has 0 unspecified atom stereocenters. The number of methoxy groups -OCH3 is 1. The lowest BCUT2D eigenvalue weighted by atomic mass is 10.5. The smallest absolute Gasteiger partial charge is 0.189 e. The van der Waals surface area contributed by atoms with E-state index in [1.54, 1.807) is 13.3 Å². The molecule has 0 aliphatic heterocycles. The Kier molecular flexibility index (Phi) is 6.46. The van der Waals surface area contributed by atoms with E-state index in [-0.39, 0.29) is 6.79 Å². The molecule has 1 rings (SSSR count). The molecule has 0 fully saturated rings. The van der Waals surface area contributed by atoms with Crippen molar-refractivity contribution in [3.05, 3.63) is 20.4 Å². The van der Waals surface area contributed by atoms with Crippen LogP contribution in [0.25, 0.3) is 0 Å². The lowest BCUT2D eigenvalue weighted by Gasteiger charge is -2.08. The SMILES string of the molecule is COCCOCOc1cc(Br)cnc1I. The Balaban J connectivity index is 2.33. The third kappa shape index (κ3) is 5.10. The van der Waals surface area contributed by atoms with Gasteiger partial charge in [-0.2, -0.15) is 0 Å². The molecule has 0 N–H and O–H groups in total. The number of hydrogen-bond acceptors (Lipinski definition) is 4. The van der Waals surface area contributed by atoms with Crippen LogP contribution in [0.15, 0.2) is 16.7 Å². The zero-order valence-electron chi connectivity index (χ0n) is 8.20. The Morgan fingerprint density at radius 2 is 2.27 bits per heavy atom. The highest BCUT2D eigenvalue weighted by molar-refractivity contribution is 14.1. The number of pyridine rings is 1. The summed E-state index contributed by atoms with van der Waals surface area (Å²) in [5, 5.41) is 0. The van der Waals surface area contributed by atoms with Gasteiger partial charge in [-0.3, -0.25) is 0 Å². The van der Waals surface area contributed by atoms with Crippen LogP contribution in [0.4, 0.5) is 0 Å². The van der Waals surface area contributed by atoms with Crippen molar-refractivity contribution in [1.29, 1.82) is 0 Å². The van der Waals surface area contributed by atoms with Crippen LogP contribution in [0.1, 0.15) is 0 Å². The Morgan fingerprint density at radius 3 is 3.00 bits per heavy atom. The second-order valence-corrected chi connectivity index (χ2v) is 4.54. The van der Waals surface area contributed by atoms with Crippen LogP contribution in [0, 0.1) is 3.70 Å². The average Bonchev–Trinajstić information content (AvgIpc) is 2.23. The van der Waals surface area contributed by atoms with Crippen molar-refractivity contribution >= 4 is 38.5 Å². The van der Waals surface area contributed by atoms with E-state index in [4.69, 9.17) is 14.2 Å². The Bertz CT molecular complexity index is 311. The van der Waals surface area contributed by atoms with Crippen molar-refractivity contribution in [3.8, 4) is 5.75 Å². The molecular formula is C9H11BrINO3. The molecule has 0 spiro atoms. The highest BCUT2D eigenvalue weighted by Gasteiger charge is 2.02. The van der Waals surface area contributed by atoms with E-state index in [0.717, 1.165) is 8.17 Å². The van der Waals surface area contributed by atoms with Gasteiger partial charge in [-0.05, 0) is 44.6 Å². The van der Waals surface area contributed by atoms with Crippen molar-refractivity contribution in [3.63, 3.8) is 0 Å². The van der Waals surface area contributed by atoms with Crippen LogP contribution < -0.4 is 4.74 Å². The summed E-state index contributed by atoms with van der Waals surface area (Å²) in [5.41, 5.74) is 0. The molecule has 84 valence electrons. The first kappa shape index (κ1) is 13.1. The molecule has 0 aliphatic rings. The van der Waals surface area contributed by atoms with Crippen LogP contribution in [-0.2, 0) is 9.47 Å². The van der Waals surface area contributed by atoms with E-state index in [1.165, 1.54) is 0 Å². The Labute approximate surface area is 111 Å². The standard InChI is InChI=1S/C9H11BrINO3/c1-13-2-3-14-6-15-8-4-7(10)5-12-9(8)11/h4-5H,2-3,6H2,1H3. The topological polar surface area (TPSA) is 40.6 Å². The van der Waals surface area contributed by atoms with Crippen LogP contribution in [0.2, 0.25) is 0 Å². The molecule has 0 saturated carbocycles. The number of aromatic nitrogens is 1. The van der Waals surface area contributed by atoms with Gasteiger partial charge >= 0.3 is 0 Å². The van der Waals surface area contributed by atoms with Gasteiger partial charge in [-0.25, -0.2) is 4.98 Å². The molecule has 1 heterocycles. The van der Waals surface area contributed by atoms with Crippen molar-refractivity contribution in [2.24, 2.45) is 0 Å². The summed E-state index contributed by atoms with van der Waals surface area (Å²) in [6.07, 6.45) is 1.72. The van der Waals surface area contributed by atoms with Gasteiger partial charge in [0.05, 0.1) is 13.2 Å². The predicted molar refractivity (Wildman–Crippen MR) is 68.0 cm³/mol. The van der Waals surface area contributed by atoms with Crippen molar-refractivity contribution < 1.29 is 14.2 Å². The molecule has 1 aromatic heterocycles. The van der Waals surface area contributed by atoms with E-state index >= 15 is 0 Å². The number of rotatable bonds is 6. The van der Waals surface area contributed by atoms with Crippen LogP contribution in [-0.4, -0.2) is 32.1 Å². The van der Waals surface area contributed by atoms with Crippen molar-refractivity contribution in [1.82, 2.24) is 4.98 Å². The Hall–Kier alpha value is 0.0800. The van der Waals surface area contributed by atoms with Crippen LogP contribution >= 0.6 is 38.5 Å². The lowest BCUT2D eigenvalue weighted by Crippen LogP contribution is -2.08. The maximum absolute atomic E-state index is 5.39. The van der Waals surface area contributed by atoms with Gasteiger partial charge in [0.25, 0.3) is 0 Å². The number of ether oxygens (including phenoxy) is 3. The first-order chi connectivity index (χ1) is 7.24. The second-order valence-electron chi connectivity index (χ2n) is 2.61. The predicted octanol–water partition coefficient (Wildman–Crippen LogP) is 2.45. The van der Waals surface area contributed by atoms with Crippen molar-refractivity contribution in [2.75, 3.05) is 27.1 Å². The molecule has 0 amide bonds. The second kappa shape index (κ2) is 7.37. The van der Waals surface area contributed by atoms with Gasteiger partial charge in [-0.1, -0.05) is 0 Å². The first-order valence-electron chi connectivity index (χ1n) is 4.24. The molecule has 4 nitrogen and oxygen atoms in total. The minimum Gasteiger partial charge on any atom is -0.465 e. The van der Waals surface area contributed by atoms with Gasteiger partial charge in [0.1, 0.15) is 3.70 Å². The quantitative estimate of drug-likeness (QED) is 0.325. The van der Waals surface area contributed by atoms with E-state index < -0.39 is 0 Å². The van der Waals surface area contributed by atoms with Gasteiger partial charge in [0.15, 0.2) is 12.5 Å². The van der Waals surface area contributed by atoms with E-state index in [1.807, 2.05) is 6.07 Å². The zero-order valence-corrected chi connectivity index (χ0v) is 11.9. The average molecular weight is 388 g/mol. The monoisotopic (exact) mass is 387 g/mol. The highest BCUT2D eigenvalue weighted by atomic mass is 127. The molecule has 0 aliphatic carbocycles. The van der Waals surface area contributed by atoms with Gasteiger partial charge in [0.2, 0.25) is 0 Å². The van der Waals surface area contributed by atoms with E-state index in [0.29, 0.717) is 19.0 Å². The van der Waals surface area contributed by atoms with Gasteiger partial charge in [0, 0.05) is 17.8 Å². The third-order valence-electron chi connectivity index (χ3n) is 1.50. The summed E-state index contributed by atoms with van der Waals surface area (Å²) in [7, 11) is 1.63. The summed E-state index contributed by atoms with van der Waals surface area (Å²) in [4.78, 5) is 4.13. The van der Waals surface area contributed by atoms with Gasteiger partial charge in [-0.15, -0.1) is 0 Å². The highest BCUT2D eigenvalue weighted by Crippen LogP contribution is 2.22. The number of halogens is 2. The van der Waals surface area contributed by atoms with Gasteiger partial charge < -0.3 is 14.2 Å². The fourth-order valence-electron chi connectivity index (χ4n) is 0.812.